The van der Waals surface area contributed by atoms with Gasteiger partial charge < -0.3 is 40.9 Å². The van der Waals surface area contributed by atoms with Gasteiger partial charge in [0.1, 0.15) is 46.0 Å². The van der Waals surface area contributed by atoms with Crippen molar-refractivity contribution in [1.82, 2.24) is 0 Å². The Morgan fingerprint density at radius 2 is 0.375 bits per heavy atom. The molecule has 4 aliphatic carbocycles. The first-order valence-corrected chi connectivity index (χ1v) is 27.9. The Kier molecular flexibility index (Phi) is 14.3. The Bertz CT molecular complexity index is 3340. The molecule has 0 amide bonds. The molecule has 8 nitrogen and oxygen atoms in total. The topological polar surface area (TPSA) is 162 Å². The fourth-order valence-corrected chi connectivity index (χ4v) is 14.9. The third-order valence-corrected chi connectivity index (χ3v) is 18.5. The number of aromatic hydroxyl groups is 8. The van der Waals surface area contributed by atoms with Crippen LogP contribution in [0.1, 0.15) is 176 Å². The fraction of sp³-hybridized carbons (Fsp3) is 0.333. The zero-order valence-corrected chi connectivity index (χ0v) is 48.6. The van der Waals surface area contributed by atoms with E-state index in [4.69, 9.17) is 0 Å². The molecule has 80 heavy (non-hydrogen) atoms. The highest BCUT2D eigenvalue weighted by Gasteiger charge is 2.49. The van der Waals surface area contributed by atoms with E-state index in [1.54, 1.807) is 72.8 Å². The van der Waals surface area contributed by atoms with Gasteiger partial charge in [-0.3, -0.25) is 0 Å². The molecule has 0 fully saturated rings. The molecule has 0 saturated carbocycles. The normalized spacial score (nSPS) is 23.6. The molecule has 0 aromatic heterocycles. The summed E-state index contributed by atoms with van der Waals surface area (Å²) >= 11 is 0. The summed E-state index contributed by atoms with van der Waals surface area (Å²) in [6, 6.07) is 52.5. The van der Waals surface area contributed by atoms with Gasteiger partial charge in [0.15, 0.2) is 0 Å². The molecule has 0 spiro atoms. The SMILES string of the molecule is CC1(C)CC(C)(c2ccc(O)cc2)c2cc(O)ccc21.CC1(C)CC(C)(c2ccc(O)cc2)c2cc(O)ccc21.CC1(C)CC(C)(c2ccc(O)cc2)c2ccc(O)cc21.CC1(C)CC(C)(c2ccc(O)cc2)c2ccc(O)cc21. The third-order valence-electron chi connectivity index (χ3n) is 18.5. The van der Waals surface area contributed by atoms with Crippen LogP contribution in [0.5, 0.6) is 46.0 Å². The second kappa shape index (κ2) is 20.1. The van der Waals surface area contributed by atoms with Crippen molar-refractivity contribution >= 4 is 0 Å². The van der Waals surface area contributed by atoms with Crippen molar-refractivity contribution in [2.75, 3.05) is 0 Å². The number of fused-ring (bicyclic) bond motifs is 4. The van der Waals surface area contributed by atoms with E-state index < -0.39 is 0 Å². The minimum Gasteiger partial charge on any atom is -0.508 e. The summed E-state index contributed by atoms with van der Waals surface area (Å²) in [6.07, 6.45) is 3.96. The predicted molar refractivity (Wildman–Crippen MR) is 321 cm³/mol. The van der Waals surface area contributed by atoms with Crippen LogP contribution in [-0.2, 0) is 43.3 Å². The van der Waals surface area contributed by atoms with Crippen LogP contribution in [0.2, 0.25) is 0 Å². The quantitative estimate of drug-likeness (QED) is 0.0864. The molecule has 8 aromatic carbocycles. The number of rotatable bonds is 4. The van der Waals surface area contributed by atoms with Crippen LogP contribution in [0, 0.1) is 0 Å². The Labute approximate surface area is 473 Å². The molecule has 0 saturated heterocycles. The summed E-state index contributed by atoms with van der Waals surface area (Å²) < 4.78 is 0. The van der Waals surface area contributed by atoms with Gasteiger partial charge in [-0.05, 0) is 211 Å². The van der Waals surface area contributed by atoms with Crippen LogP contribution in [0.4, 0.5) is 0 Å². The van der Waals surface area contributed by atoms with E-state index in [0.717, 1.165) is 25.7 Å². The smallest absolute Gasteiger partial charge is 0.115 e. The van der Waals surface area contributed by atoms with Crippen molar-refractivity contribution in [1.29, 1.82) is 0 Å². The summed E-state index contributed by atoms with van der Waals surface area (Å²) in [5.41, 5.74) is 14.5. The van der Waals surface area contributed by atoms with Gasteiger partial charge >= 0.3 is 0 Å². The fourth-order valence-electron chi connectivity index (χ4n) is 14.9. The zero-order chi connectivity index (χ0) is 58.2. The lowest BCUT2D eigenvalue weighted by Gasteiger charge is -2.28. The Morgan fingerprint density at radius 1 is 0.200 bits per heavy atom. The van der Waals surface area contributed by atoms with Crippen molar-refractivity contribution in [2.45, 2.75) is 152 Å². The zero-order valence-electron chi connectivity index (χ0n) is 48.6. The number of hydrogen-bond donors (Lipinski definition) is 8. The highest BCUT2D eigenvalue weighted by molar-refractivity contribution is 5.58. The van der Waals surface area contributed by atoms with E-state index in [1.165, 1.54) is 66.8 Å². The predicted octanol–water partition coefficient (Wildman–Crippen LogP) is 16.3. The van der Waals surface area contributed by atoms with Crippen molar-refractivity contribution in [3.8, 4) is 46.0 Å². The lowest BCUT2D eigenvalue weighted by atomic mass is 9.75. The number of hydrogen-bond acceptors (Lipinski definition) is 8. The minimum absolute atomic E-state index is 0.0285. The van der Waals surface area contributed by atoms with E-state index in [9.17, 15) is 40.9 Å². The average Bonchev–Trinajstić information content (AvgIpc) is 3.94. The van der Waals surface area contributed by atoms with Gasteiger partial charge in [-0.25, -0.2) is 0 Å². The Balaban J connectivity index is 0.000000129. The Morgan fingerprint density at radius 3 is 0.613 bits per heavy atom. The van der Waals surface area contributed by atoms with Crippen LogP contribution in [-0.4, -0.2) is 40.9 Å². The van der Waals surface area contributed by atoms with Crippen molar-refractivity contribution in [3.05, 3.63) is 237 Å². The van der Waals surface area contributed by atoms with E-state index in [2.05, 4.69) is 83.1 Å². The van der Waals surface area contributed by atoms with E-state index in [-0.39, 0.29) is 54.8 Å². The molecule has 0 heterocycles. The third kappa shape index (κ3) is 10.3. The minimum atomic E-state index is -0.134. The van der Waals surface area contributed by atoms with Gasteiger partial charge in [-0.2, -0.15) is 0 Å². The van der Waals surface area contributed by atoms with Gasteiger partial charge in [0.2, 0.25) is 0 Å². The molecule has 8 N–H and O–H groups in total. The second-order valence-electron chi connectivity index (χ2n) is 26.7. The van der Waals surface area contributed by atoms with Crippen molar-refractivity contribution < 1.29 is 40.9 Å². The number of phenols is 8. The summed E-state index contributed by atoms with van der Waals surface area (Å²) in [4.78, 5) is 0. The second-order valence-corrected chi connectivity index (χ2v) is 26.7. The average molecular weight is 1070 g/mol. The largest absolute Gasteiger partial charge is 0.508 e. The molecule has 0 bridgehead atoms. The van der Waals surface area contributed by atoms with Gasteiger partial charge in [0.25, 0.3) is 0 Å². The van der Waals surface area contributed by atoms with E-state index in [1.807, 2.05) is 97.1 Å². The molecule has 416 valence electrons. The molecule has 4 atom stereocenters. The van der Waals surface area contributed by atoms with Gasteiger partial charge in [0.05, 0.1) is 0 Å². The van der Waals surface area contributed by atoms with Crippen LogP contribution in [0.25, 0.3) is 0 Å². The molecule has 4 unspecified atom stereocenters. The molecule has 4 aliphatic rings. The highest BCUT2D eigenvalue weighted by Crippen LogP contribution is 2.57. The van der Waals surface area contributed by atoms with Crippen molar-refractivity contribution in [2.24, 2.45) is 0 Å². The number of phenolic OH excluding ortho intramolecular Hbond substituents is 8. The first kappa shape index (κ1) is 56.9. The van der Waals surface area contributed by atoms with Crippen LogP contribution in [0.15, 0.2) is 170 Å². The maximum atomic E-state index is 9.85. The molecule has 8 aromatic rings. The van der Waals surface area contributed by atoms with Crippen LogP contribution < -0.4 is 0 Å². The van der Waals surface area contributed by atoms with Crippen LogP contribution in [0.3, 0.4) is 0 Å². The summed E-state index contributed by atoms with van der Waals surface area (Å²) in [7, 11) is 0. The standard InChI is InChI=1S/4C18H20O2/c2*1-17(2)11-18(3,12-4-6-13(19)7-5-12)15-9-8-14(20)10-16(15)17;2*1-17(2)11-18(3,12-4-6-13(19)7-5-12)16-10-14(20)8-9-15(16)17/h4*4-10,19-20H,11H2,1-3H3. The first-order chi connectivity index (χ1) is 37.3. The molecular weight excluding hydrogens is 993 g/mol. The van der Waals surface area contributed by atoms with E-state index >= 15 is 0 Å². The maximum absolute atomic E-state index is 9.85. The highest BCUT2D eigenvalue weighted by atomic mass is 16.3. The molecule has 0 aliphatic heterocycles. The van der Waals surface area contributed by atoms with Gasteiger partial charge in [-0.15, -0.1) is 0 Å². The van der Waals surface area contributed by atoms with E-state index in [0.29, 0.717) is 34.5 Å². The number of benzene rings is 8. The monoisotopic (exact) mass is 1070 g/mol. The molecular formula is C72H80O8. The van der Waals surface area contributed by atoms with Crippen LogP contribution >= 0.6 is 0 Å². The summed E-state index contributed by atoms with van der Waals surface area (Å²) in [5, 5.41) is 77.2. The van der Waals surface area contributed by atoms with Gasteiger partial charge in [-0.1, -0.05) is 156 Å². The first-order valence-electron chi connectivity index (χ1n) is 27.9. The lowest BCUT2D eigenvalue weighted by Crippen LogP contribution is -2.23. The van der Waals surface area contributed by atoms with Gasteiger partial charge in [0, 0.05) is 21.7 Å². The molecule has 0 radical (unpaired) electrons. The maximum Gasteiger partial charge on any atom is 0.115 e. The molecule has 12 rings (SSSR count). The summed E-state index contributed by atoms with van der Waals surface area (Å²) in [5.74, 6) is 2.43. The summed E-state index contributed by atoms with van der Waals surface area (Å²) in [6.45, 7) is 26.8. The molecule has 8 heteroatoms. The van der Waals surface area contributed by atoms with Crippen molar-refractivity contribution in [3.63, 3.8) is 0 Å². The lowest BCUT2D eigenvalue weighted by molar-refractivity contribution is 0.422. The Hall–Kier alpha value is -7.84.